The van der Waals surface area contributed by atoms with Gasteiger partial charge in [-0.3, -0.25) is 9.59 Å². The van der Waals surface area contributed by atoms with Crippen LogP contribution in [0, 0.1) is 0 Å². The molecule has 0 aromatic heterocycles. The van der Waals surface area contributed by atoms with Gasteiger partial charge in [-0.15, -0.1) is 0 Å². The molecule has 0 saturated heterocycles. The highest BCUT2D eigenvalue weighted by Crippen LogP contribution is 2.15. The highest BCUT2D eigenvalue weighted by Gasteiger charge is 2.07. The minimum absolute atomic E-state index is 0.0742. The molecule has 0 spiro atoms. The SMILES string of the molecule is CCC(C)NC(=O)COc1ccccc1C=O. The molecule has 0 radical (unpaired) electrons. The molecule has 1 N–H and O–H groups in total. The average Bonchev–Trinajstić information content (AvgIpc) is 2.36. The van der Waals surface area contributed by atoms with Crippen LogP contribution in [0.1, 0.15) is 30.6 Å². The Morgan fingerprint density at radius 3 is 2.82 bits per heavy atom. The first-order chi connectivity index (χ1) is 8.17. The lowest BCUT2D eigenvalue weighted by Crippen LogP contribution is -2.35. The highest BCUT2D eigenvalue weighted by molar-refractivity contribution is 5.80. The van der Waals surface area contributed by atoms with E-state index in [1.807, 2.05) is 13.8 Å². The molecule has 1 amide bonds. The van der Waals surface area contributed by atoms with Crippen LogP contribution < -0.4 is 10.1 Å². The second-order valence-electron chi connectivity index (χ2n) is 3.82. The number of amides is 1. The predicted octanol–water partition coefficient (Wildman–Crippen LogP) is 1.79. The van der Waals surface area contributed by atoms with E-state index in [9.17, 15) is 9.59 Å². The largest absolute Gasteiger partial charge is 0.483 e. The molecule has 1 rings (SSSR count). The quantitative estimate of drug-likeness (QED) is 0.765. The van der Waals surface area contributed by atoms with E-state index in [0.29, 0.717) is 17.6 Å². The van der Waals surface area contributed by atoms with Crippen LogP contribution in [0.4, 0.5) is 0 Å². The zero-order valence-corrected chi connectivity index (χ0v) is 10.1. The summed E-state index contributed by atoms with van der Waals surface area (Å²) in [5.74, 6) is 0.252. The molecule has 0 aliphatic carbocycles. The molecule has 1 aromatic carbocycles. The number of aldehydes is 1. The summed E-state index contributed by atoms with van der Waals surface area (Å²) < 4.78 is 5.29. The molecule has 0 bridgehead atoms. The van der Waals surface area contributed by atoms with Gasteiger partial charge in [0.15, 0.2) is 12.9 Å². The van der Waals surface area contributed by atoms with E-state index in [0.717, 1.165) is 6.42 Å². The molecular weight excluding hydrogens is 218 g/mol. The zero-order chi connectivity index (χ0) is 12.7. The smallest absolute Gasteiger partial charge is 0.258 e. The van der Waals surface area contributed by atoms with Gasteiger partial charge in [-0.1, -0.05) is 19.1 Å². The van der Waals surface area contributed by atoms with Gasteiger partial charge >= 0.3 is 0 Å². The van der Waals surface area contributed by atoms with E-state index in [-0.39, 0.29) is 18.6 Å². The number of hydrogen-bond donors (Lipinski definition) is 1. The highest BCUT2D eigenvalue weighted by atomic mass is 16.5. The average molecular weight is 235 g/mol. The summed E-state index contributed by atoms with van der Waals surface area (Å²) in [6.07, 6.45) is 1.58. The number of para-hydroxylation sites is 1. The summed E-state index contributed by atoms with van der Waals surface area (Å²) in [5, 5.41) is 2.79. The van der Waals surface area contributed by atoms with Crippen molar-refractivity contribution in [1.82, 2.24) is 5.32 Å². The summed E-state index contributed by atoms with van der Waals surface area (Å²) in [6.45, 7) is 3.85. The van der Waals surface area contributed by atoms with Crippen molar-refractivity contribution in [2.45, 2.75) is 26.3 Å². The fourth-order valence-corrected chi connectivity index (χ4v) is 1.27. The van der Waals surface area contributed by atoms with Gasteiger partial charge in [0.2, 0.25) is 0 Å². The van der Waals surface area contributed by atoms with Crippen molar-refractivity contribution in [3.63, 3.8) is 0 Å². The first-order valence-electron chi connectivity index (χ1n) is 5.63. The lowest BCUT2D eigenvalue weighted by atomic mass is 10.2. The third kappa shape index (κ3) is 4.26. The van der Waals surface area contributed by atoms with Crippen LogP contribution in [0.5, 0.6) is 5.75 Å². The topological polar surface area (TPSA) is 55.4 Å². The van der Waals surface area contributed by atoms with Crippen molar-refractivity contribution in [2.24, 2.45) is 0 Å². The first-order valence-corrected chi connectivity index (χ1v) is 5.63. The number of nitrogens with one attached hydrogen (secondary N) is 1. The van der Waals surface area contributed by atoms with Crippen LogP contribution in [-0.2, 0) is 4.79 Å². The lowest BCUT2D eigenvalue weighted by molar-refractivity contribution is -0.123. The van der Waals surface area contributed by atoms with E-state index < -0.39 is 0 Å². The lowest BCUT2D eigenvalue weighted by Gasteiger charge is -2.12. The minimum Gasteiger partial charge on any atom is -0.483 e. The molecule has 4 heteroatoms. The van der Waals surface area contributed by atoms with E-state index >= 15 is 0 Å². The van der Waals surface area contributed by atoms with E-state index in [1.165, 1.54) is 0 Å². The van der Waals surface area contributed by atoms with E-state index in [2.05, 4.69) is 5.32 Å². The van der Waals surface area contributed by atoms with Gasteiger partial charge in [0.05, 0.1) is 5.56 Å². The molecular formula is C13H17NO3. The van der Waals surface area contributed by atoms with Gasteiger partial charge in [0, 0.05) is 6.04 Å². The molecule has 1 unspecified atom stereocenters. The van der Waals surface area contributed by atoms with Crippen LogP contribution >= 0.6 is 0 Å². The Morgan fingerprint density at radius 2 is 2.18 bits per heavy atom. The van der Waals surface area contributed by atoms with Crippen molar-refractivity contribution in [2.75, 3.05) is 6.61 Å². The predicted molar refractivity (Wildman–Crippen MR) is 65.2 cm³/mol. The standard InChI is InChI=1S/C13H17NO3/c1-3-10(2)14-13(16)9-17-12-7-5-4-6-11(12)8-15/h4-8,10H,3,9H2,1-2H3,(H,14,16). The van der Waals surface area contributed by atoms with Crippen LogP contribution in [0.3, 0.4) is 0 Å². The zero-order valence-electron chi connectivity index (χ0n) is 10.1. The van der Waals surface area contributed by atoms with Crippen molar-refractivity contribution < 1.29 is 14.3 Å². The summed E-state index contributed by atoms with van der Waals surface area (Å²) in [7, 11) is 0. The Labute approximate surface area is 101 Å². The van der Waals surface area contributed by atoms with E-state index in [1.54, 1.807) is 24.3 Å². The number of rotatable bonds is 6. The Balaban J connectivity index is 2.50. The molecule has 0 heterocycles. The molecule has 1 aromatic rings. The molecule has 0 aliphatic heterocycles. The van der Waals surface area contributed by atoms with Crippen LogP contribution in [-0.4, -0.2) is 24.8 Å². The number of carbonyl (C=O) groups is 2. The molecule has 0 aliphatic rings. The fourth-order valence-electron chi connectivity index (χ4n) is 1.27. The summed E-state index contributed by atoms with van der Waals surface area (Å²) in [5.41, 5.74) is 0.448. The molecule has 0 saturated carbocycles. The van der Waals surface area contributed by atoms with Gasteiger partial charge in [-0.2, -0.15) is 0 Å². The third-order valence-electron chi connectivity index (χ3n) is 2.42. The van der Waals surface area contributed by atoms with Crippen molar-refractivity contribution in [1.29, 1.82) is 0 Å². The van der Waals surface area contributed by atoms with Crippen LogP contribution in [0.25, 0.3) is 0 Å². The number of ether oxygens (including phenoxy) is 1. The Bertz CT molecular complexity index is 390. The summed E-state index contributed by atoms with van der Waals surface area (Å²) in [6, 6.07) is 6.95. The Hall–Kier alpha value is -1.84. The van der Waals surface area contributed by atoms with Gasteiger partial charge in [0.25, 0.3) is 5.91 Å². The number of hydrogen-bond acceptors (Lipinski definition) is 3. The van der Waals surface area contributed by atoms with E-state index in [4.69, 9.17) is 4.74 Å². The molecule has 4 nitrogen and oxygen atoms in total. The third-order valence-corrected chi connectivity index (χ3v) is 2.42. The van der Waals surface area contributed by atoms with Gasteiger partial charge in [-0.05, 0) is 25.5 Å². The second kappa shape index (κ2) is 6.68. The molecule has 1 atom stereocenters. The van der Waals surface area contributed by atoms with Gasteiger partial charge < -0.3 is 10.1 Å². The number of carbonyl (C=O) groups excluding carboxylic acids is 2. The normalized spacial score (nSPS) is 11.6. The maximum Gasteiger partial charge on any atom is 0.258 e. The minimum atomic E-state index is -0.181. The summed E-state index contributed by atoms with van der Waals surface area (Å²) in [4.78, 5) is 22.2. The Morgan fingerprint density at radius 1 is 1.47 bits per heavy atom. The molecule has 17 heavy (non-hydrogen) atoms. The van der Waals surface area contributed by atoms with Crippen LogP contribution in [0.2, 0.25) is 0 Å². The van der Waals surface area contributed by atoms with Crippen molar-refractivity contribution in [3.05, 3.63) is 29.8 Å². The fraction of sp³-hybridized carbons (Fsp3) is 0.385. The maximum atomic E-state index is 11.5. The monoisotopic (exact) mass is 235 g/mol. The second-order valence-corrected chi connectivity index (χ2v) is 3.82. The van der Waals surface area contributed by atoms with Gasteiger partial charge in [-0.25, -0.2) is 0 Å². The molecule has 0 fully saturated rings. The Kier molecular flexibility index (Phi) is 5.20. The van der Waals surface area contributed by atoms with Crippen LogP contribution in [0.15, 0.2) is 24.3 Å². The summed E-state index contributed by atoms with van der Waals surface area (Å²) >= 11 is 0. The van der Waals surface area contributed by atoms with Crippen molar-refractivity contribution in [3.8, 4) is 5.75 Å². The first kappa shape index (κ1) is 13.2. The maximum absolute atomic E-state index is 11.5. The van der Waals surface area contributed by atoms with Crippen molar-refractivity contribution >= 4 is 12.2 Å². The number of benzene rings is 1. The molecule has 92 valence electrons. The van der Waals surface area contributed by atoms with Gasteiger partial charge in [0.1, 0.15) is 5.75 Å².